The zero-order valence-electron chi connectivity index (χ0n) is 17.9. The fourth-order valence-electron chi connectivity index (χ4n) is 2.72. The molecular weight excluding hydrogens is 475 g/mol. The van der Waals surface area contributed by atoms with Crippen LogP contribution in [-0.4, -0.2) is 33.8 Å². The van der Waals surface area contributed by atoms with E-state index in [-0.39, 0.29) is 11.6 Å². The van der Waals surface area contributed by atoms with Crippen LogP contribution in [0.1, 0.15) is 18.9 Å². The van der Waals surface area contributed by atoms with Crippen LogP contribution in [0, 0.1) is 0 Å². The first-order chi connectivity index (χ1) is 16.1. The van der Waals surface area contributed by atoms with E-state index in [0.29, 0.717) is 30.4 Å². The van der Waals surface area contributed by atoms with E-state index in [9.17, 15) is 23.1 Å². The van der Waals surface area contributed by atoms with Crippen molar-refractivity contribution in [3.63, 3.8) is 0 Å². The Labute approximate surface area is 198 Å². The molecule has 0 aliphatic heterocycles. The second-order valence-corrected chi connectivity index (χ2v) is 7.59. The lowest BCUT2D eigenvalue weighted by atomic mass is 10.2. The number of urea groups is 1. The molecule has 12 heteroatoms. The Kier molecular flexibility index (Phi) is 8.13. The Morgan fingerprint density at radius 1 is 1.12 bits per heavy atom. The van der Waals surface area contributed by atoms with Gasteiger partial charge >= 0.3 is 12.2 Å². The van der Waals surface area contributed by atoms with Gasteiger partial charge in [0.25, 0.3) is 0 Å². The van der Waals surface area contributed by atoms with Crippen molar-refractivity contribution in [2.45, 2.75) is 25.6 Å². The lowest BCUT2D eigenvalue weighted by Gasteiger charge is -2.12. The summed E-state index contributed by atoms with van der Waals surface area (Å²) in [7, 11) is 0. The van der Waals surface area contributed by atoms with E-state index in [2.05, 4.69) is 25.9 Å². The molecule has 3 rings (SSSR count). The molecule has 0 saturated carbocycles. The second-order valence-electron chi connectivity index (χ2n) is 7.18. The molecule has 2 aromatic carbocycles. The van der Waals surface area contributed by atoms with E-state index in [4.69, 9.17) is 16.3 Å². The predicted molar refractivity (Wildman–Crippen MR) is 122 cm³/mol. The van der Waals surface area contributed by atoms with Crippen LogP contribution in [0.4, 0.5) is 35.3 Å². The maximum atomic E-state index is 13.0. The highest BCUT2D eigenvalue weighted by atomic mass is 35.5. The van der Waals surface area contributed by atoms with Crippen molar-refractivity contribution < 1.29 is 27.8 Å². The average molecular weight is 496 g/mol. The Morgan fingerprint density at radius 2 is 1.79 bits per heavy atom. The molecule has 0 radical (unpaired) electrons. The molecule has 1 unspecified atom stereocenters. The molecule has 1 heterocycles. The first-order valence-electron chi connectivity index (χ1n) is 10.1. The average Bonchev–Trinajstić information content (AvgIpc) is 2.76. The third-order valence-corrected chi connectivity index (χ3v) is 4.67. The number of carbonyl (C=O) groups is 1. The number of rotatable bonds is 8. The smallest absolute Gasteiger partial charge is 0.417 e. The molecule has 0 fully saturated rings. The van der Waals surface area contributed by atoms with Crippen molar-refractivity contribution >= 4 is 35.0 Å². The van der Waals surface area contributed by atoms with Crippen LogP contribution in [0.3, 0.4) is 0 Å². The van der Waals surface area contributed by atoms with Crippen LogP contribution in [-0.2, 0) is 6.18 Å². The number of aromatic nitrogens is 2. The van der Waals surface area contributed by atoms with Gasteiger partial charge in [0.2, 0.25) is 11.8 Å². The summed E-state index contributed by atoms with van der Waals surface area (Å²) in [5, 5.41) is 16.7. The topological polar surface area (TPSA) is 108 Å². The molecule has 1 aromatic heterocycles. The highest BCUT2D eigenvalue weighted by molar-refractivity contribution is 6.31. The Bertz CT molecular complexity index is 1130. The summed E-state index contributed by atoms with van der Waals surface area (Å²) in [5.74, 6) is 1.08. The summed E-state index contributed by atoms with van der Waals surface area (Å²) in [6, 6.07) is 10.2. The van der Waals surface area contributed by atoms with Crippen molar-refractivity contribution in [1.82, 2.24) is 9.97 Å². The van der Waals surface area contributed by atoms with Gasteiger partial charge in [-0.25, -0.2) is 9.78 Å². The maximum absolute atomic E-state index is 13.0. The number of nitrogens with zero attached hydrogens (tertiary/aromatic N) is 2. The highest BCUT2D eigenvalue weighted by Crippen LogP contribution is 2.36. The van der Waals surface area contributed by atoms with Gasteiger partial charge in [-0.2, -0.15) is 18.2 Å². The van der Waals surface area contributed by atoms with Gasteiger partial charge in [0.1, 0.15) is 5.75 Å². The molecule has 2 amide bonds. The van der Waals surface area contributed by atoms with E-state index in [1.165, 1.54) is 12.3 Å². The third kappa shape index (κ3) is 7.49. The van der Waals surface area contributed by atoms with Crippen molar-refractivity contribution in [3.05, 3.63) is 65.3 Å². The number of alkyl halides is 3. The molecule has 0 saturated heterocycles. The quantitative estimate of drug-likeness (QED) is 0.316. The number of anilines is 3. The van der Waals surface area contributed by atoms with Crippen LogP contribution < -0.4 is 20.7 Å². The van der Waals surface area contributed by atoms with Crippen molar-refractivity contribution in [3.8, 4) is 11.6 Å². The fourth-order valence-corrected chi connectivity index (χ4v) is 2.94. The standard InChI is InChI=1S/C22H21ClF3N5O3/c1-13(32)8-10-27-20-28-11-9-19(31-20)34-16-5-2-14(3-6-16)29-21(33)30-15-4-7-18(23)17(12-15)22(24,25)26/h2-7,9,11-13,32H,8,10H2,1H3,(H,27,28,31)(H2,29,30,33). The number of ether oxygens (including phenoxy) is 1. The van der Waals surface area contributed by atoms with Gasteiger partial charge in [0, 0.05) is 30.2 Å². The van der Waals surface area contributed by atoms with E-state index in [0.717, 1.165) is 12.1 Å². The van der Waals surface area contributed by atoms with Crippen LogP contribution in [0.25, 0.3) is 0 Å². The van der Waals surface area contributed by atoms with Gasteiger partial charge in [-0.1, -0.05) is 11.6 Å². The normalized spacial score (nSPS) is 12.1. The lowest BCUT2D eigenvalue weighted by molar-refractivity contribution is -0.137. The minimum absolute atomic E-state index is 0.0594. The second kappa shape index (κ2) is 11.0. The molecule has 180 valence electrons. The molecule has 0 bridgehead atoms. The number of nitrogens with one attached hydrogen (secondary N) is 3. The van der Waals surface area contributed by atoms with Gasteiger partial charge < -0.3 is 25.8 Å². The summed E-state index contributed by atoms with van der Waals surface area (Å²) in [5.41, 5.74) is -0.715. The molecular formula is C22H21ClF3N5O3. The molecule has 8 nitrogen and oxygen atoms in total. The molecule has 0 spiro atoms. The van der Waals surface area contributed by atoms with Gasteiger partial charge in [0.15, 0.2) is 0 Å². The van der Waals surface area contributed by atoms with Gasteiger partial charge in [-0.15, -0.1) is 0 Å². The number of benzene rings is 2. The number of aliphatic hydroxyl groups is 1. The van der Waals surface area contributed by atoms with E-state index in [1.807, 2.05) is 0 Å². The van der Waals surface area contributed by atoms with E-state index < -0.39 is 28.9 Å². The molecule has 0 aliphatic rings. The summed E-state index contributed by atoms with van der Waals surface area (Å²) >= 11 is 5.58. The number of aliphatic hydroxyl groups excluding tert-OH is 1. The molecule has 34 heavy (non-hydrogen) atoms. The molecule has 4 N–H and O–H groups in total. The zero-order chi connectivity index (χ0) is 24.7. The number of carbonyl (C=O) groups excluding carboxylic acids is 1. The lowest BCUT2D eigenvalue weighted by Crippen LogP contribution is -2.19. The van der Waals surface area contributed by atoms with Gasteiger partial charge in [0.05, 0.1) is 16.7 Å². The Morgan fingerprint density at radius 3 is 2.47 bits per heavy atom. The molecule has 1 atom stereocenters. The SMILES string of the molecule is CC(O)CCNc1nccc(Oc2ccc(NC(=O)Nc3ccc(Cl)c(C(F)(F)F)c3)cc2)n1. The minimum Gasteiger partial charge on any atom is -0.439 e. The van der Waals surface area contributed by atoms with Gasteiger partial charge in [-0.3, -0.25) is 0 Å². The Hall–Kier alpha value is -3.57. The maximum Gasteiger partial charge on any atom is 0.417 e. The number of hydrogen-bond acceptors (Lipinski definition) is 6. The first kappa shape index (κ1) is 25.1. The number of halogens is 4. The van der Waals surface area contributed by atoms with Crippen LogP contribution in [0.15, 0.2) is 54.7 Å². The minimum atomic E-state index is -4.64. The largest absolute Gasteiger partial charge is 0.439 e. The molecule has 0 aliphatic carbocycles. The fraction of sp³-hybridized carbons (Fsp3) is 0.227. The van der Waals surface area contributed by atoms with Crippen molar-refractivity contribution in [2.24, 2.45) is 0 Å². The highest BCUT2D eigenvalue weighted by Gasteiger charge is 2.33. The molecule has 3 aromatic rings. The Balaban J connectivity index is 1.56. The monoisotopic (exact) mass is 495 g/mol. The van der Waals surface area contributed by atoms with E-state index in [1.54, 1.807) is 37.3 Å². The van der Waals surface area contributed by atoms with Crippen LogP contribution >= 0.6 is 11.6 Å². The first-order valence-corrected chi connectivity index (χ1v) is 10.5. The van der Waals surface area contributed by atoms with E-state index >= 15 is 0 Å². The number of hydrogen-bond donors (Lipinski definition) is 4. The summed E-state index contributed by atoms with van der Waals surface area (Å²) in [4.78, 5) is 20.5. The summed E-state index contributed by atoms with van der Waals surface area (Å²) in [6.07, 6.45) is -3.02. The van der Waals surface area contributed by atoms with Gasteiger partial charge in [-0.05, 0) is 55.8 Å². The zero-order valence-corrected chi connectivity index (χ0v) is 18.6. The van der Waals surface area contributed by atoms with Crippen molar-refractivity contribution in [2.75, 3.05) is 22.5 Å². The van der Waals surface area contributed by atoms with Crippen LogP contribution in [0.2, 0.25) is 5.02 Å². The summed E-state index contributed by atoms with van der Waals surface area (Å²) in [6.45, 7) is 2.18. The number of amides is 2. The van der Waals surface area contributed by atoms with Crippen molar-refractivity contribution in [1.29, 1.82) is 0 Å². The third-order valence-electron chi connectivity index (χ3n) is 4.34. The summed E-state index contributed by atoms with van der Waals surface area (Å²) < 4.78 is 44.6. The van der Waals surface area contributed by atoms with Crippen LogP contribution in [0.5, 0.6) is 11.6 Å². The predicted octanol–water partition coefficient (Wildman–Crippen LogP) is 5.77.